The molecule has 2 aromatic rings. The van der Waals surface area contributed by atoms with Crippen LogP contribution >= 0.6 is 0 Å². The Kier molecular flexibility index (Phi) is 7.75. The van der Waals surface area contributed by atoms with Crippen LogP contribution in [0.1, 0.15) is 43.9 Å². The number of pyridine rings is 1. The molecule has 4 rings (SSSR count). The molecule has 0 bridgehead atoms. The Labute approximate surface area is 209 Å². The second-order valence-electron chi connectivity index (χ2n) is 9.79. The minimum atomic E-state index is -4.44. The fourth-order valence-corrected chi connectivity index (χ4v) is 5.68. The fourth-order valence-electron chi connectivity index (χ4n) is 5.06. The van der Waals surface area contributed by atoms with Crippen molar-refractivity contribution in [2.24, 2.45) is 5.92 Å². The molecular weight excluding hydrogens is 495 g/mol. The first-order valence-electron chi connectivity index (χ1n) is 12.1. The van der Waals surface area contributed by atoms with Gasteiger partial charge in [0.25, 0.3) is 0 Å². The predicted molar refractivity (Wildman–Crippen MR) is 129 cm³/mol. The minimum absolute atomic E-state index is 0.0481. The van der Waals surface area contributed by atoms with Crippen LogP contribution in [0.5, 0.6) is 5.75 Å². The molecule has 0 N–H and O–H groups in total. The van der Waals surface area contributed by atoms with Gasteiger partial charge in [0, 0.05) is 50.4 Å². The fraction of sp³-hybridized carbons (Fsp3) is 0.625. The standard InChI is InChI=1S/C24H32F3N5O3S/c1-16-14-31(23-28-12-19(13-29-23)24(25,26)27)10-11-32(16)20-6-4-18(5-7-20)15-35-21-8-9-22(30-17(21)2)36(3,33)34/h8-9,12-13,16,18,20H,4-7,10-11,14-15H2,1-3H3/t16-,18?,20?/m0/s1. The molecule has 0 spiro atoms. The zero-order valence-electron chi connectivity index (χ0n) is 20.7. The Balaban J connectivity index is 1.25. The van der Waals surface area contributed by atoms with Gasteiger partial charge in [0.05, 0.1) is 17.9 Å². The van der Waals surface area contributed by atoms with Crippen LogP contribution < -0.4 is 9.64 Å². The second-order valence-corrected chi connectivity index (χ2v) is 11.8. The number of ether oxygens (including phenoxy) is 1. The molecule has 198 valence electrons. The van der Waals surface area contributed by atoms with Gasteiger partial charge < -0.3 is 9.64 Å². The quantitative estimate of drug-likeness (QED) is 0.561. The largest absolute Gasteiger partial charge is 0.491 e. The van der Waals surface area contributed by atoms with Crippen LogP contribution in [0.3, 0.4) is 0 Å². The highest BCUT2D eigenvalue weighted by molar-refractivity contribution is 7.90. The maximum Gasteiger partial charge on any atom is 0.419 e. The molecule has 36 heavy (non-hydrogen) atoms. The number of nitrogens with zero attached hydrogens (tertiary/aromatic N) is 5. The molecule has 3 heterocycles. The zero-order valence-corrected chi connectivity index (χ0v) is 21.5. The first-order chi connectivity index (χ1) is 16.9. The maximum absolute atomic E-state index is 12.8. The summed E-state index contributed by atoms with van der Waals surface area (Å²) >= 11 is 0. The van der Waals surface area contributed by atoms with Crippen molar-refractivity contribution in [1.82, 2.24) is 19.9 Å². The lowest BCUT2D eigenvalue weighted by Gasteiger charge is -2.46. The Bertz CT molecular complexity index is 1150. The highest BCUT2D eigenvalue weighted by Crippen LogP contribution is 2.32. The number of hydrogen-bond acceptors (Lipinski definition) is 8. The van der Waals surface area contributed by atoms with Gasteiger partial charge in [-0.15, -0.1) is 0 Å². The van der Waals surface area contributed by atoms with Crippen molar-refractivity contribution in [2.75, 3.05) is 37.4 Å². The Hall–Kier alpha value is -2.47. The number of piperazine rings is 1. The van der Waals surface area contributed by atoms with E-state index in [1.807, 2.05) is 4.90 Å². The number of anilines is 1. The van der Waals surface area contributed by atoms with E-state index < -0.39 is 21.6 Å². The van der Waals surface area contributed by atoms with Gasteiger partial charge >= 0.3 is 6.18 Å². The van der Waals surface area contributed by atoms with Crippen LogP contribution in [-0.2, 0) is 16.0 Å². The van der Waals surface area contributed by atoms with Crippen molar-refractivity contribution in [3.8, 4) is 5.75 Å². The first-order valence-corrected chi connectivity index (χ1v) is 14.0. The monoisotopic (exact) mass is 527 g/mol. The summed E-state index contributed by atoms with van der Waals surface area (Å²) < 4.78 is 67.7. The molecular formula is C24H32F3N5O3S. The van der Waals surface area contributed by atoms with E-state index >= 15 is 0 Å². The topological polar surface area (TPSA) is 88.5 Å². The van der Waals surface area contributed by atoms with Gasteiger partial charge in [-0.1, -0.05) is 0 Å². The molecule has 1 aliphatic heterocycles. The molecule has 0 radical (unpaired) electrons. The lowest BCUT2D eigenvalue weighted by atomic mass is 9.85. The molecule has 0 amide bonds. The van der Waals surface area contributed by atoms with Crippen LogP contribution in [0.25, 0.3) is 0 Å². The summed E-state index contributed by atoms with van der Waals surface area (Å²) in [5.74, 6) is 1.37. The molecule has 2 aliphatic rings. The third-order valence-corrected chi connectivity index (χ3v) is 8.07. The van der Waals surface area contributed by atoms with Crippen LogP contribution in [-0.4, -0.2) is 72.9 Å². The number of rotatable bonds is 6. The van der Waals surface area contributed by atoms with Gasteiger partial charge in [-0.3, -0.25) is 4.90 Å². The average molecular weight is 528 g/mol. The molecule has 1 atom stereocenters. The second kappa shape index (κ2) is 10.5. The van der Waals surface area contributed by atoms with Gasteiger partial charge in [0.15, 0.2) is 14.9 Å². The molecule has 2 aromatic heterocycles. The Morgan fingerprint density at radius 1 is 1.08 bits per heavy atom. The number of aryl methyl sites for hydroxylation is 1. The van der Waals surface area contributed by atoms with E-state index in [0.717, 1.165) is 50.9 Å². The van der Waals surface area contributed by atoms with Gasteiger partial charge in [-0.2, -0.15) is 13.2 Å². The number of alkyl halides is 3. The summed E-state index contributed by atoms with van der Waals surface area (Å²) in [4.78, 5) is 16.5. The van der Waals surface area contributed by atoms with Gasteiger partial charge in [0.2, 0.25) is 5.95 Å². The van der Waals surface area contributed by atoms with Crippen molar-refractivity contribution >= 4 is 15.8 Å². The maximum atomic E-state index is 12.8. The average Bonchev–Trinajstić information content (AvgIpc) is 2.82. The summed E-state index contributed by atoms with van der Waals surface area (Å²) in [6, 6.07) is 3.85. The molecule has 0 unspecified atom stereocenters. The molecule has 1 saturated heterocycles. The van der Waals surface area contributed by atoms with Crippen molar-refractivity contribution < 1.29 is 26.3 Å². The third-order valence-electron chi connectivity index (χ3n) is 7.08. The highest BCUT2D eigenvalue weighted by atomic mass is 32.2. The number of hydrogen-bond donors (Lipinski definition) is 0. The van der Waals surface area contributed by atoms with Gasteiger partial charge in [-0.25, -0.2) is 23.4 Å². The lowest BCUT2D eigenvalue weighted by molar-refractivity contribution is -0.138. The molecule has 1 saturated carbocycles. The summed E-state index contributed by atoms with van der Waals surface area (Å²) in [5, 5.41) is 0.0481. The normalized spacial score (nSPS) is 24.1. The summed E-state index contributed by atoms with van der Waals surface area (Å²) in [7, 11) is -3.35. The van der Waals surface area contributed by atoms with Crippen molar-refractivity contribution in [2.45, 2.75) is 62.8 Å². The summed E-state index contributed by atoms with van der Waals surface area (Å²) in [5.41, 5.74) is -0.272. The first kappa shape index (κ1) is 26.6. The van der Waals surface area contributed by atoms with Crippen molar-refractivity contribution in [3.05, 3.63) is 35.8 Å². The number of aromatic nitrogens is 3. The zero-order chi connectivity index (χ0) is 26.1. The third kappa shape index (κ3) is 6.26. The van der Waals surface area contributed by atoms with E-state index in [0.29, 0.717) is 49.0 Å². The molecule has 1 aliphatic carbocycles. The van der Waals surface area contributed by atoms with E-state index in [-0.39, 0.29) is 11.1 Å². The summed E-state index contributed by atoms with van der Waals surface area (Å²) in [6.45, 7) is 6.62. The van der Waals surface area contributed by atoms with E-state index in [4.69, 9.17) is 4.74 Å². The molecule has 2 fully saturated rings. The van der Waals surface area contributed by atoms with Crippen LogP contribution in [0, 0.1) is 12.8 Å². The smallest absolute Gasteiger partial charge is 0.419 e. The van der Waals surface area contributed by atoms with E-state index in [1.165, 1.54) is 6.07 Å². The van der Waals surface area contributed by atoms with Crippen molar-refractivity contribution in [3.63, 3.8) is 0 Å². The van der Waals surface area contributed by atoms with Crippen molar-refractivity contribution in [1.29, 1.82) is 0 Å². The lowest BCUT2D eigenvalue weighted by Crippen LogP contribution is -2.56. The Morgan fingerprint density at radius 2 is 1.75 bits per heavy atom. The van der Waals surface area contributed by atoms with Crippen LogP contribution in [0.4, 0.5) is 19.1 Å². The number of halogens is 3. The minimum Gasteiger partial charge on any atom is -0.491 e. The SMILES string of the molecule is Cc1nc(S(C)(=O)=O)ccc1OCC1CCC(N2CCN(c3ncc(C(F)(F)F)cn3)C[C@@H]2C)CC1. The Morgan fingerprint density at radius 3 is 2.31 bits per heavy atom. The van der Waals surface area contributed by atoms with E-state index in [1.54, 1.807) is 13.0 Å². The predicted octanol–water partition coefficient (Wildman–Crippen LogP) is 3.75. The molecule has 12 heteroatoms. The molecule has 8 nitrogen and oxygen atoms in total. The van der Waals surface area contributed by atoms with Gasteiger partial charge in [-0.05, 0) is 57.6 Å². The van der Waals surface area contributed by atoms with E-state index in [9.17, 15) is 21.6 Å². The summed E-state index contributed by atoms with van der Waals surface area (Å²) in [6.07, 6.45) is 2.57. The van der Waals surface area contributed by atoms with Crippen LogP contribution in [0.15, 0.2) is 29.6 Å². The number of sulfone groups is 1. The van der Waals surface area contributed by atoms with Gasteiger partial charge in [0.1, 0.15) is 5.75 Å². The highest BCUT2D eigenvalue weighted by Gasteiger charge is 2.34. The molecule has 0 aromatic carbocycles. The van der Waals surface area contributed by atoms with Crippen LogP contribution in [0.2, 0.25) is 0 Å². The van der Waals surface area contributed by atoms with E-state index in [2.05, 4.69) is 26.8 Å².